The molecule has 0 saturated carbocycles. The van der Waals surface area contributed by atoms with E-state index in [0.29, 0.717) is 6.42 Å². The average molecular weight is 195 g/mol. The third-order valence-electron chi connectivity index (χ3n) is 2.25. The fourth-order valence-electron chi connectivity index (χ4n) is 1.40. The molecule has 1 heterocycles. The number of carbonyl (C=O) groups is 1. The molecule has 0 aliphatic rings. The van der Waals surface area contributed by atoms with Crippen molar-refractivity contribution in [2.24, 2.45) is 5.73 Å². The molecule has 4 heteroatoms. The summed E-state index contributed by atoms with van der Waals surface area (Å²) in [4.78, 5) is 14.6. The number of aromatic nitrogens is 2. The predicted octanol–water partition coefficient (Wildman–Crippen LogP) is 1.24. The van der Waals surface area contributed by atoms with Crippen LogP contribution < -0.4 is 5.73 Å². The number of unbranched alkanes of at least 4 members (excludes halogenated alkanes) is 2. The lowest BCUT2D eigenvalue weighted by Crippen LogP contribution is -2.09. The van der Waals surface area contributed by atoms with Gasteiger partial charge in [-0.15, -0.1) is 0 Å². The van der Waals surface area contributed by atoms with E-state index in [9.17, 15) is 4.79 Å². The Morgan fingerprint density at radius 3 is 2.86 bits per heavy atom. The first-order valence-corrected chi connectivity index (χ1v) is 4.96. The van der Waals surface area contributed by atoms with E-state index in [1.807, 2.05) is 13.1 Å². The number of rotatable bonds is 6. The lowest BCUT2D eigenvalue weighted by molar-refractivity contribution is -0.118. The number of primary amides is 1. The summed E-state index contributed by atoms with van der Waals surface area (Å²) in [5.74, 6) is 0.837. The van der Waals surface area contributed by atoms with Crippen molar-refractivity contribution in [3.63, 3.8) is 0 Å². The average Bonchev–Trinajstić information content (AvgIpc) is 2.51. The molecule has 1 aromatic heterocycles. The van der Waals surface area contributed by atoms with Crippen molar-refractivity contribution in [2.45, 2.75) is 39.2 Å². The Labute approximate surface area is 84.1 Å². The van der Waals surface area contributed by atoms with Crippen LogP contribution in [0.3, 0.4) is 0 Å². The van der Waals surface area contributed by atoms with Crippen molar-refractivity contribution >= 4 is 5.91 Å². The highest BCUT2D eigenvalue weighted by atomic mass is 16.1. The molecule has 14 heavy (non-hydrogen) atoms. The summed E-state index contributed by atoms with van der Waals surface area (Å²) in [7, 11) is 0. The van der Waals surface area contributed by atoms with Crippen LogP contribution in [0.2, 0.25) is 0 Å². The highest BCUT2D eigenvalue weighted by Gasteiger charge is 1.97. The first kappa shape index (κ1) is 10.8. The van der Waals surface area contributed by atoms with Crippen LogP contribution in [0.1, 0.15) is 31.5 Å². The first-order chi connectivity index (χ1) is 6.70. The molecule has 2 N–H and O–H groups in total. The molecule has 0 atom stereocenters. The maximum atomic E-state index is 10.5. The van der Waals surface area contributed by atoms with E-state index >= 15 is 0 Å². The Morgan fingerprint density at radius 2 is 2.29 bits per heavy atom. The maximum Gasteiger partial charge on any atom is 0.217 e. The smallest absolute Gasteiger partial charge is 0.217 e. The van der Waals surface area contributed by atoms with Gasteiger partial charge < -0.3 is 10.3 Å². The summed E-state index contributed by atoms with van der Waals surface area (Å²) in [6.45, 7) is 2.97. The van der Waals surface area contributed by atoms with Crippen LogP contribution in [0, 0.1) is 6.92 Å². The number of imidazole rings is 1. The zero-order valence-corrected chi connectivity index (χ0v) is 8.57. The molecule has 0 unspecified atom stereocenters. The van der Waals surface area contributed by atoms with Gasteiger partial charge in [-0.05, 0) is 19.8 Å². The molecule has 0 spiro atoms. The molecule has 1 aromatic rings. The first-order valence-electron chi connectivity index (χ1n) is 4.96. The van der Waals surface area contributed by atoms with E-state index in [4.69, 9.17) is 5.73 Å². The zero-order valence-electron chi connectivity index (χ0n) is 8.57. The minimum Gasteiger partial charge on any atom is -0.370 e. The van der Waals surface area contributed by atoms with Gasteiger partial charge >= 0.3 is 0 Å². The number of amides is 1. The fraction of sp³-hybridized carbons (Fsp3) is 0.600. The Morgan fingerprint density at radius 1 is 1.50 bits per heavy atom. The molecule has 0 aromatic carbocycles. The summed E-state index contributed by atoms with van der Waals surface area (Å²) < 4.78 is 2.12. The summed E-state index contributed by atoms with van der Waals surface area (Å²) >= 11 is 0. The second kappa shape index (κ2) is 5.42. The van der Waals surface area contributed by atoms with Gasteiger partial charge in [0.1, 0.15) is 5.82 Å². The van der Waals surface area contributed by atoms with Gasteiger partial charge in [0, 0.05) is 25.4 Å². The van der Waals surface area contributed by atoms with Gasteiger partial charge in [0.15, 0.2) is 0 Å². The molecule has 0 fully saturated rings. The zero-order chi connectivity index (χ0) is 10.4. The molecule has 1 rings (SSSR count). The van der Waals surface area contributed by atoms with Crippen molar-refractivity contribution in [1.29, 1.82) is 0 Å². The minimum absolute atomic E-state index is 0.205. The van der Waals surface area contributed by atoms with E-state index in [0.717, 1.165) is 31.6 Å². The van der Waals surface area contributed by atoms with Gasteiger partial charge in [0.25, 0.3) is 0 Å². The van der Waals surface area contributed by atoms with Crippen molar-refractivity contribution in [1.82, 2.24) is 9.55 Å². The molecule has 78 valence electrons. The second-order valence-electron chi connectivity index (χ2n) is 3.44. The number of nitrogens with two attached hydrogens (primary N) is 1. The van der Waals surface area contributed by atoms with Gasteiger partial charge in [-0.1, -0.05) is 6.42 Å². The SMILES string of the molecule is Cc1nccn1CCCCCC(N)=O. The van der Waals surface area contributed by atoms with Gasteiger partial charge in [-0.3, -0.25) is 4.79 Å². The number of nitrogens with zero attached hydrogens (tertiary/aromatic N) is 2. The van der Waals surface area contributed by atoms with E-state index in [2.05, 4.69) is 9.55 Å². The summed E-state index contributed by atoms with van der Waals surface area (Å²) in [6.07, 6.45) is 7.29. The Bertz CT molecular complexity index is 293. The number of carbonyl (C=O) groups excluding carboxylic acids is 1. The number of hydrogen-bond acceptors (Lipinski definition) is 2. The largest absolute Gasteiger partial charge is 0.370 e. The Balaban J connectivity index is 2.10. The summed E-state index contributed by atoms with van der Waals surface area (Å²) in [5, 5.41) is 0. The van der Waals surface area contributed by atoms with Crippen LogP contribution in [0.5, 0.6) is 0 Å². The van der Waals surface area contributed by atoms with Gasteiger partial charge in [0.2, 0.25) is 5.91 Å². The van der Waals surface area contributed by atoms with E-state index in [1.54, 1.807) is 6.20 Å². The highest BCUT2D eigenvalue weighted by Crippen LogP contribution is 2.03. The third kappa shape index (κ3) is 3.60. The fourth-order valence-corrected chi connectivity index (χ4v) is 1.40. The van der Waals surface area contributed by atoms with Crippen molar-refractivity contribution in [3.05, 3.63) is 18.2 Å². The van der Waals surface area contributed by atoms with Crippen LogP contribution in [-0.2, 0) is 11.3 Å². The maximum absolute atomic E-state index is 10.5. The molecule has 4 nitrogen and oxygen atoms in total. The topological polar surface area (TPSA) is 60.9 Å². The Kier molecular flexibility index (Phi) is 4.16. The third-order valence-corrected chi connectivity index (χ3v) is 2.25. The van der Waals surface area contributed by atoms with Crippen LogP contribution in [-0.4, -0.2) is 15.5 Å². The lowest BCUT2D eigenvalue weighted by Gasteiger charge is -2.03. The van der Waals surface area contributed by atoms with E-state index in [1.165, 1.54) is 0 Å². The number of hydrogen-bond donors (Lipinski definition) is 1. The van der Waals surface area contributed by atoms with Crippen LogP contribution in [0.4, 0.5) is 0 Å². The molecular weight excluding hydrogens is 178 g/mol. The molecule has 0 radical (unpaired) electrons. The van der Waals surface area contributed by atoms with Crippen LogP contribution in [0.15, 0.2) is 12.4 Å². The van der Waals surface area contributed by atoms with Crippen molar-refractivity contribution < 1.29 is 4.79 Å². The van der Waals surface area contributed by atoms with Crippen LogP contribution in [0.25, 0.3) is 0 Å². The molecule has 0 aliphatic heterocycles. The number of aryl methyl sites for hydroxylation is 2. The quantitative estimate of drug-likeness (QED) is 0.694. The standard InChI is InChI=1S/C10H17N3O/c1-9-12-6-8-13(9)7-4-2-3-5-10(11)14/h6,8H,2-5,7H2,1H3,(H2,11,14). The second-order valence-corrected chi connectivity index (χ2v) is 3.44. The van der Waals surface area contributed by atoms with E-state index < -0.39 is 0 Å². The van der Waals surface area contributed by atoms with Crippen molar-refractivity contribution in [2.75, 3.05) is 0 Å². The highest BCUT2D eigenvalue weighted by molar-refractivity contribution is 5.73. The normalized spacial score (nSPS) is 10.4. The van der Waals surface area contributed by atoms with Gasteiger partial charge in [-0.2, -0.15) is 0 Å². The van der Waals surface area contributed by atoms with Crippen molar-refractivity contribution in [3.8, 4) is 0 Å². The summed E-state index contributed by atoms with van der Waals surface area (Å²) in [6, 6.07) is 0. The monoisotopic (exact) mass is 195 g/mol. The van der Waals surface area contributed by atoms with Gasteiger partial charge in [0.05, 0.1) is 0 Å². The Hall–Kier alpha value is -1.32. The summed E-state index contributed by atoms with van der Waals surface area (Å²) in [5.41, 5.74) is 5.04. The molecule has 0 saturated heterocycles. The van der Waals surface area contributed by atoms with E-state index in [-0.39, 0.29) is 5.91 Å². The molecular formula is C10H17N3O. The van der Waals surface area contributed by atoms with Crippen LogP contribution >= 0.6 is 0 Å². The lowest BCUT2D eigenvalue weighted by atomic mass is 10.2. The molecule has 0 bridgehead atoms. The predicted molar refractivity (Wildman–Crippen MR) is 54.6 cm³/mol. The minimum atomic E-state index is -0.205. The van der Waals surface area contributed by atoms with Gasteiger partial charge in [-0.25, -0.2) is 4.98 Å². The molecule has 1 amide bonds. The molecule has 0 aliphatic carbocycles.